The van der Waals surface area contributed by atoms with E-state index in [0.29, 0.717) is 19.5 Å². The van der Waals surface area contributed by atoms with E-state index in [4.69, 9.17) is 9.47 Å². The molecule has 4 nitrogen and oxygen atoms in total. The Labute approximate surface area is 52.7 Å². The Morgan fingerprint density at radius 3 is 3.11 bits per heavy atom. The Morgan fingerprint density at radius 2 is 2.56 bits per heavy atom. The van der Waals surface area contributed by atoms with Crippen LogP contribution in [-0.2, 0) is 19.0 Å². The van der Waals surface area contributed by atoms with Crippen LogP contribution in [0.5, 0.6) is 0 Å². The summed E-state index contributed by atoms with van der Waals surface area (Å²) >= 11 is 0. The van der Waals surface area contributed by atoms with Crippen LogP contribution in [0.4, 0.5) is 0 Å². The van der Waals surface area contributed by atoms with Gasteiger partial charge in [0.15, 0.2) is 6.79 Å². The van der Waals surface area contributed by atoms with Gasteiger partial charge in [-0.05, 0) is 0 Å². The lowest BCUT2D eigenvalue weighted by atomic mass is 10.4. The Hall–Kier alpha value is -0.610. The summed E-state index contributed by atoms with van der Waals surface area (Å²) in [6, 6.07) is 0. The maximum Gasteiger partial charge on any atom is 0.295 e. The van der Waals surface area contributed by atoms with Crippen LogP contribution >= 0.6 is 0 Å². The van der Waals surface area contributed by atoms with E-state index in [1.807, 2.05) is 0 Å². The van der Waals surface area contributed by atoms with Crippen molar-refractivity contribution in [2.24, 2.45) is 0 Å². The lowest BCUT2D eigenvalue weighted by Crippen LogP contribution is -2.25. The van der Waals surface area contributed by atoms with Gasteiger partial charge in [-0.1, -0.05) is 0 Å². The molecule has 0 aromatic heterocycles. The molecule has 0 radical (unpaired) electrons. The highest BCUT2D eigenvalue weighted by Gasteiger charge is 2.13. The molecule has 1 aliphatic heterocycles. The van der Waals surface area contributed by atoms with Gasteiger partial charge in [0.05, 0.1) is 6.61 Å². The zero-order valence-electron chi connectivity index (χ0n) is 4.91. The minimum absolute atomic E-state index is 0.221. The maximum absolute atomic E-state index is 9.73. The van der Waals surface area contributed by atoms with E-state index >= 15 is 0 Å². The molecule has 0 spiro atoms. The van der Waals surface area contributed by atoms with E-state index in [-0.39, 0.29) is 6.79 Å². The molecule has 0 aromatic rings. The van der Waals surface area contributed by atoms with E-state index in [2.05, 4.69) is 4.74 Å². The molecule has 4 heteroatoms. The predicted molar refractivity (Wildman–Crippen MR) is 27.5 cm³/mol. The van der Waals surface area contributed by atoms with Gasteiger partial charge in [-0.25, -0.2) is 0 Å². The van der Waals surface area contributed by atoms with Gasteiger partial charge in [0.1, 0.15) is 0 Å². The zero-order valence-corrected chi connectivity index (χ0v) is 4.91. The average Bonchev–Trinajstić information content (AvgIpc) is 1.91. The first-order valence-electron chi connectivity index (χ1n) is 2.72. The molecule has 0 N–H and O–H groups in total. The Kier molecular flexibility index (Phi) is 2.48. The van der Waals surface area contributed by atoms with Gasteiger partial charge in [-0.15, -0.1) is 0 Å². The number of carbonyl (C=O) groups excluding carboxylic acids is 1. The fourth-order valence-corrected chi connectivity index (χ4v) is 0.615. The summed E-state index contributed by atoms with van der Waals surface area (Å²) in [5, 5.41) is 0. The third-order valence-electron chi connectivity index (χ3n) is 1.04. The summed E-state index contributed by atoms with van der Waals surface area (Å²) in [5.41, 5.74) is 0. The molecule has 1 saturated heterocycles. The fraction of sp³-hybridized carbons (Fsp3) is 0.800. The second kappa shape index (κ2) is 3.42. The van der Waals surface area contributed by atoms with Crippen molar-refractivity contribution in [3.8, 4) is 0 Å². The van der Waals surface area contributed by atoms with E-state index in [1.165, 1.54) is 0 Å². The van der Waals surface area contributed by atoms with Crippen LogP contribution in [0.15, 0.2) is 0 Å². The van der Waals surface area contributed by atoms with Crippen molar-refractivity contribution in [3.05, 3.63) is 0 Å². The molecule has 1 aliphatic rings. The Bertz CT molecular complexity index is 87.0. The first-order chi connectivity index (χ1) is 4.43. The number of carbonyl (C=O) groups is 1. The normalized spacial score (nSPS) is 27.3. The summed E-state index contributed by atoms with van der Waals surface area (Å²) in [5.74, 6) is 0. The number of hydrogen-bond donors (Lipinski definition) is 0. The van der Waals surface area contributed by atoms with Crippen LogP contribution in [0, 0.1) is 0 Å². The zero-order chi connectivity index (χ0) is 6.53. The van der Waals surface area contributed by atoms with Crippen LogP contribution in [0.3, 0.4) is 0 Å². The Balaban J connectivity index is 2.15. The quantitative estimate of drug-likeness (QED) is 0.491. The molecule has 0 bridgehead atoms. The SMILES string of the molecule is O=COC1CCOCO1. The predicted octanol–water partition coefficient (Wildman–Crippen LogP) is -0.120. The first kappa shape index (κ1) is 6.51. The highest BCUT2D eigenvalue weighted by Crippen LogP contribution is 2.05. The van der Waals surface area contributed by atoms with Crippen molar-refractivity contribution in [2.45, 2.75) is 12.7 Å². The van der Waals surface area contributed by atoms with Crippen molar-refractivity contribution < 1.29 is 19.0 Å². The van der Waals surface area contributed by atoms with Gasteiger partial charge < -0.3 is 14.2 Å². The molecule has 0 saturated carbocycles. The summed E-state index contributed by atoms with van der Waals surface area (Å²) in [6.45, 7) is 1.20. The molecular weight excluding hydrogens is 124 g/mol. The molecule has 0 aliphatic carbocycles. The van der Waals surface area contributed by atoms with Crippen molar-refractivity contribution in [2.75, 3.05) is 13.4 Å². The molecule has 1 unspecified atom stereocenters. The van der Waals surface area contributed by atoms with Crippen molar-refractivity contribution in [1.82, 2.24) is 0 Å². The summed E-state index contributed by atoms with van der Waals surface area (Å²) in [4.78, 5) is 9.73. The van der Waals surface area contributed by atoms with E-state index in [9.17, 15) is 4.79 Å². The fourth-order valence-electron chi connectivity index (χ4n) is 0.615. The van der Waals surface area contributed by atoms with Gasteiger partial charge in [-0.3, -0.25) is 4.79 Å². The number of hydrogen-bond acceptors (Lipinski definition) is 4. The highest BCUT2D eigenvalue weighted by atomic mass is 16.8. The van der Waals surface area contributed by atoms with Crippen molar-refractivity contribution >= 4 is 6.47 Å². The van der Waals surface area contributed by atoms with Crippen molar-refractivity contribution in [3.63, 3.8) is 0 Å². The van der Waals surface area contributed by atoms with Gasteiger partial charge in [-0.2, -0.15) is 0 Å². The smallest absolute Gasteiger partial charge is 0.295 e. The van der Waals surface area contributed by atoms with Crippen LogP contribution < -0.4 is 0 Å². The van der Waals surface area contributed by atoms with E-state index in [0.717, 1.165) is 0 Å². The largest absolute Gasteiger partial charge is 0.438 e. The first-order valence-corrected chi connectivity index (χ1v) is 2.72. The maximum atomic E-state index is 9.73. The van der Waals surface area contributed by atoms with Crippen LogP contribution in [0.25, 0.3) is 0 Å². The van der Waals surface area contributed by atoms with Crippen LogP contribution in [0.1, 0.15) is 6.42 Å². The highest BCUT2D eigenvalue weighted by molar-refractivity contribution is 5.37. The Morgan fingerprint density at radius 1 is 1.67 bits per heavy atom. The summed E-state index contributed by atoms with van der Waals surface area (Å²) in [6.07, 6.45) is 0.231. The minimum atomic E-state index is -0.392. The lowest BCUT2D eigenvalue weighted by Gasteiger charge is -2.20. The number of ether oxygens (including phenoxy) is 3. The van der Waals surface area contributed by atoms with Gasteiger partial charge in [0.2, 0.25) is 6.29 Å². The van der Waals surface area contributed by atoms with Crippen LogP contribution in [0.2, 0.25) is 0 Å². The second-order valence-corrected chi connectivity index (χ2v) is 1.64. The standard InChI is InChI=1S/C5H8O4/c6-3-8-5-1-2-7-4-9-5/h3,5H,1-2,4H2. The second-order valence-electron chi connectivity index (χ2n) is 1.64. The molecule has 0 amide bonds. The minimum Gasteiger partial charge on any atom is -0.438 e. The summed E-state index contributed by atoms with van der Waals surface area (Å²) in [7, 11) is 0. The number of rotatable bonds is 2. The summed E-state index contributed by atoms with van der Waals surface area (Å²) < 4.78 is 14.2. The lowest BCUT2D eigenvalue weighted by molar-refractivity contribution is -0.224. The molecule has 9 heavy (non-hydrogen) atoms. The van der Waals surface area contributed by atoms with Crippen molar-refractivity contribution in [1.29, 1.82) is 0 Å². The van der Waals surface area contributed by atoms with Crippen LogP contribution in [-0.4, -0.2) is 26.2 Å². The molecule has 0 aromatic carbocycles. The van der Waals surface area contributed by atoms with Gasteiger partial charge >= 0.3 is 0 Å². The molecule has 52 valence electrons. The van der Waals surface area contributed by atoms with Gasteiger partial charge in [0.25, 0.3) is 6.47 Å². The third kappa shape index (κ3) is 1.99. The molecule has 1 heterocycles. The average molecular weight is 132 g/mol. The van der Waals surface area contributed by atoms with E-state index in [1.54, 1.807) is 0 Å². The van der Waals surface area contributed by atoms with E-state index < -0.39 is 6.29 Å². The van der Waals surface area contributed by atoms with Gasteiger partial charge in [0, 0.05) is 6.42 Å². The monoisotopic (exact) mass is 132 g/mol. The molecule has 1 rings (SSSR count). The molecular formula is C5H8O4. The topological polar surface area (TPSA) is 44.8 Å². The molecule has 1 atom stereocenters. The molecule has 1 fully saturated rings. The third-order valence-corrected chi connectivity index (χ3v) is 1.04.